The maximum atomic E-state index is 12.6. The Morgan fingerprint density at radius 2 is 1.96 bits per heavy atom. The summed E-state index contributed by atoms with van der Waals surface area (Å²) in [5.41, 5.74) is 5.16. The Hall–Kier alpha value is -2.91. The average Bonchev–Trinajstić information content (AvgIpc) is 3.15. The van der Waals surface area contributed by atoms with E-state index < -0.39 is 17.8 Å². The lowest BCUT2D eigenvalue weighted by molar-refractivity contribution is -0.137. The molecule has 1 aliphatic rings. The van der Waals surface area contributed by atoms with Crippen LogP contribution < -0.4 is 16.1 Å². The molecule has 1 fully saturated rings. The fraction of sp³-hybridized carbons (Fsp3) is 0.286. The van der Waals surface area contributed by atoms with E-state index in [4.69, 9.17) is 10.3 Å². The molecule has 24 heavy (non-hydrogen) atoms. The topological polar surface area (TPSA) is 87.6 Å². The molecule has 7 nitrogen and oxygen atoms in total. The molecule has 128 valence electrons. The summed E-state index contributed by atoms with van der Waals surface area (Å²) in [5, 5.41) is 8.95. The van der Waals surface area contributed by atoms with E-state index in [0.29, 0.717) is 25.2 Å². The van der Waals surface area contributed by atoms with Crippen molar-refractivity contribution in [1.29, 1.82) is 0 Å². The van der Waals surface area contributed by atoms with Crippen molar-refractivity contribution in [1.82, 2.24) is 10.2 Å². The molecular formula is C14H14F3N5O2. The number of benzene rings is 1. The number of anilines is 3. The van der Waals surface area contributed by atoms with Crippen LogP contribution in [0.15, 0.2) is 34.9 Å². The fourth-order valence-corrected chi connectivity index (χ4v) is 2.43. The molecule has 2 aromatic rings. The number of amides is 2. The van der Waals surface area contributed by atoms with Crippen LogP contribution in [0, 0.1) is 0 Å². The monoisotopic (exact) mass is 341 g/mol. The summed E-state index contributed by atoms with van der Waals surface area (Å²) in [6.07, 6.45) is -3.71. The molecule has 1 aliphatic heterocycles. The van der Waals surface area contributed by atoms with Gasteiger partial charge in [0.15, 0.2) is 5.82 Å². The zero-order valence-corrected chi connectivity index (χ0v) is 12.4. The number of nitrogens with two attached hydrogens (primary N) is 1. The van der Waals surface area contributed by atoms with Crippen molar-refractivity contribution in [3.63, 3.8) is 0 Å². The lowest BCUT2D eigenvalue weighted by atomic mass is 10.2. The summed E-state index contributed by atoms with van der Waals surface area (Å²) in [5.74, 6) is 0.225. The van der Waals surface area contributed by atoms with E-state index >= 15 is 0 Å². The summed E-state index contributed by atoms with van der Waals surface area (Å²) < 4.78 is 42.7. The number of urea groups is 1. The van der Waals surface area contributed by atoms with E-state index in [2.05, 4.69) is 10.5 Å². The average molecular weight is 341 g/mol. The van der Waals surface area contributed by atoms with Gasteiger partial charge in [-0.15, -0.1) is 0 Å². The van der Waals surface area contributed by atoms with Crippen LogP contribution in [-0.2, 0) is 6.18 Å². The van der Waals surface area contributed by atoms with Gasteiger partial charge in [0.05, 0.1) is 11.3 Å². The van der Waals surface area contributed by atoms with Gasteiger partial charge < -0.3 is 10.3 Å². The van der Waals surface area contributed by atoms with Crippen LogP contribution in [0.5, 0.6) is 0 Å². The van der Waals surface area contributed by atoms with Gasteiger partial charge in [-0.1, -0.05) is 5.16 Å². The molecule has 0 unspecified atom stereocenters. The van der Waals surface area contributed by atoms with Crippen molar-refractivity contribution in [3.8, 4) is 0 Å². The van der Waals surface area contributed by atoms with Gasteiger partial charge in [0, 0.05) is 19.2 Å². The molecule has 2 heterocycles. The van der Waals surface area contributed by atoms with Crippen molar-refractivity contribution in [2.24, 2.45) is 0 Å². The van der Waals surface area contributed by atoms with Gasteiger partial charge in [-0.2, -0.15) is 13.2 Å². The number of nitrogen functional groups attached to an aromatic ring is 1. The van der Waals surface area contributed by atoms with Crippen LogP contribution in [-0.4, -0.2) is 29.3 Å². The van der Waals surface area contributed by atoms with Gasteiger partial charge in [0.2, 0.25) is 5.88 Å². The molecule has 0 aliphatic carbocycles. The van der Waals surface area contributed by atoms with E-state index in [0.717, 1.165) is 12.1 Å². The summed E-state index contributed by atoms with van der Waals surface area (Å²) in [4.78, 5) is 12.3. The standard InChI is InChI=1S/C14H14F3N5O2/c15-14(16,17)9-2-4-10(5-3-9)21-6-1-7-22(21)13(23)19-12-8-11(18)20-24-12/h2-5,8H,1,6-7H2,(H2,18,20)(H,19,23). The van der Waals surface area contributed by atoms with Crippen molar-refractivity contribution in [2.45, 2.75) is 12.6 Å². The maximum absolute atomic E-state index is 12.6. The van der Waals surface area contributed by atoms with Crippen LogP contribution in [0.2, 0.25) is 0 Å². The Morgan fingerprint density at radius 3 is 2.54 bits per heavy atom. The number of carbonyl (C=O) groups is 1. The third-order valence-corrected chi connectivity index (χ3v) is 3.52. The molecule has 1 saturated heterocycles. The van der Waals surface area contributed by atoms with Gasteiger partial charge in [-0.05, 0) is 30.7 Å². The number of nitrogens with zero attached hydrogens (tertiary/aromatic N) is 3. The minimum atomic E-state index is -4.40. The number of rotatable bonds is 2. The first-order valence-electron chi connectivity index (χ1n) is 7.10. The molecular weight excluding hydrogens is 327 g/mol. The number of halogens is 3. The molecule has 0 bridgehead atoms. The van der Waals surface area contributed by atoms with E-state index in [9.17, 15) is 18.0 Å². The summed E-state index contributed by atoms with van der Waals surface area (Å²) in [7, 11) is 0. The number of nitrogens with one attached hydrogen (secondary N) is 1. The fourth-order valence-electron chi connectivity index (χ4n) is 2.43. The first-order chi connectivity index (χ1) is 11.3. The minimum Gasteiger partial charge on any atom is -0.381 e. The van der Waals surface area contributed by atoms with Crippen LogP contribution >= 0.6 is 0 Å². The highest BCUT2D eigenvalue weighted by Gasteiger charge is 2.32. The van der Waals surface area contributed by atoms with E-state index in [-0.39, 0.29) is 11.7 Å². The lowest BCUT2D eigenvalue weighted by Gasteiger charge is -2.29. The molecule has 3 rings (SSSR count). The number of hydrogen-bond acceptors (Lipinski definition) is 5. The molecule has 1 aromatic heterocycles. The van der Waals surface area contributed by atoms with Crippen LogP contribution in [0.1, 0.15) is 12.0 Å². The van der Waals surface area contributed by atoms with Crippen molar-refractivity contribution in [3.05, 3.63) is 35.9 Å². The summed E-state index contributed by atoms with van der Waals surface area (Å²) >= 11 is 0. The maximum Gasteiger partial charge on any atom is 0.416 e. The molecule has 0 atom stereocenters. The normalized spacial score (nSPS) is 15.0. The smallest absolute Gasteiger partial charge is 0.381 e. The van der Waals surface area contributed by atoms with E-state index in [1.165, 1.54) is 23.2 Å². The third kappa shape index (κ3) is 3.21. The summed E-state index contributed by atoms with van der Waals surface area (Å²) in [6, 6.07) is 5.52. The highest BCUT2D eigenvalue weighted by atomic mass is 19.4. The first kappa shape index (κ1) is 16.0. The second-order valence-electron chi connectivity index (χ2n) is 5.19. The van der Waals surface area contributed by atoms with Gasteiger partial charge in [-0.25, -0.2) is 9.80 Å². The highest BCUT2D eigenvalue weighted by molar-refractivity contribution is 5.89. The Bertz CT molecular complexity index is 729. The zero-order valence-electron chi connectivity index (χ0n) is 12.4. The molecule has 0 spiro atoms. The summed E-state index contributed by atoms with van der Waals surface area (Å²) in [6.45, 7) is 0.938. The van der Waals surface area contributed by atoms with Crippen molar-refractivity contribution >= 4 is 23.4 Å². The number of hydrazine groups is 1. The van der Waals surface area contributed by atoms with E-state index in [1.54, 1.807) is 5.01 Å². The Morgan fingerprint density at radius 1 is 1.25 bits per heavy atom. The number of hydrogen-bond donors (Lipinski definition) is 2. The van der Waals surface area contributed by atoms with Crippen LogP contribution in [0.3, 0.4) is 0 Å². The van der Waals surface area contributed by atoms with Gasteiger partial charge in [0.25, 0.3) is 0 Å². The van der Waals surface area contributed by atoms with Gasteiger partial charge in [-0.3, -0.25) is 10.3 Å². The van der Waals surface area contributed by atoms with E-state index in [1.807, 2.05) is 0 Å². The Balaban J connectivity index is 1.74. The third-order valence-electron chi connectivity index (χ3n) is 3.52. The Kier molecular flexibility index (Phi) is 3.96. The van der Waals surface area contributed by atoms with Crippen molar-refractivity contribution < 1.29 is 22.5 Å². The van der Waals surface area contributed by atoms with Crippen LogP contribution in [0.25, 0.3) is 0 Å². The van der Waals surface area contributed by atoms with Gasteiger partial charge in [0.1, 0.15) is 0 Å². The molecule has 3 N–H and O–H groups in total. The predicted octanol–water partition coefficient (Wildman–Crippen LogP) is 2.93. The second kappa shape index (κ2) is 5.95. The zero-order chi connectivity index (χ0) is 17.3. The van der Waals surface area contributed by atoms with Crippen LogP contribution in [0.4, 0.5) is 35.4 Å². The quantitative estimate of drug-likeness (QED) is 0.877. The largest absolute Gasteiger partial charge is 0.416 e. The van der Waals surface area contributed by atoms with Gasteiger partial charge >= 0.3 is 12.2 Å². The molecule has 2 amide bonds. The highest BCUT2D eigenvalue weighted by Crippen LogP contribution is 2.31. The SMILES string of the molecule is Nc1cc(NC(=O)N2CCCN2c2ccc(C(F)(F)F)cc2)on1. The Labute approximate surface area is 134 Å². The molecule has 0 saturated carbocycles. The number of carbonyl (C=O) groups excluding carboxylic acids is 1. The predicted molar refractivity (Wildman–Crippen MR) is 80.0 cm³/mol. The molecule has 0 radical (unpaired) electrons. The minimum absolute atomic E-state index is 0.0942. The van der Waals surface area contributed by atoms with Crippen molar-refractivity contribution in [2.75, 3.05) is 29.1 Å². The first-order valence-corrected chi connectivity index (χ1v) is 7.10. The lowest BCUT2D eigenvalue weighted by Crippen LogP contribution is -2.43. The number of alkyl halides is 3. The second-order valence-corrected chi connectivity index (χ2v) is 5.19. The molecule has 10 heteroatoms. The number of aromatic nitrogens is 1. The molecule has 1 aromatic carbocycles.